The third-order valence-electron chi connectivity index (χ3n) is 3.16. The van der Waals surface area contributed by atoms with Gasteiger partial charge in [0.25, 0.3) is 0 Å². The lowest BCUT2D eigenvalue weighted by atomic mass is 10.1. The maximum absolute atomic E-state index is 11.4. The first-order valence-electron chi connectivity index (χ1n) is 8.01. The van der Waals surface area contributed by atoms with Crippen LogP contribution < -0.4 is 0 Å². The predicted octanol–water partition coefficient (Wildman–Crippen LogP) is 3.07. The van der Waals surface area contributed by atoms with Gasteiger partial charge in [-0.25, -0.2) is 19.4 Å². The summed E-state index contributed by atoms with van der Waals surface area (Å²) in [5.74, 6) is -3.97. The van der Waals surface area contributed by atoms with Crippen molar-refractivity contribution in [2.45, 2.75) is 78.1 Å². The van der Waals surface area contributed by atoms with E-state index in [0.717, 1.165) is 38.5 Å². The Morgan fingerprint density at radius 1 is 0.591 bits per heavy atom. The molecule has 22 heavy (non-hydrogen) atoms. The average Bonchev–Trinajstić information content (AvgIpc) is 2.52. The van der Waals surface area contributed by atoms with Gasteiger partial charge in [-0.2, -0.15) is 0 Å². The molecule has 0 aromatic heterocycles. The molecule has 0 atom stereocenters. The van der Waals surface area contributed by atoms with Gasteiger partial charge in [-0.15, -0.1) is 0 Å². The summed E-state index contributed by atoms with van der Waals surface area (Å²) in [6, 6.07) is 0. The fourth-order valence-electron chi connectivity index (χ4n) is 1.80. The zero-order valence-electron chi connectivity index (χ0n) is 13.5. The Balaban J connectivity index is 3.85. The maximum Gasteiger partial charge on any atom is 0.421 e. The van der Waals surface area contributed by atoms with Crippen LogP contribution in [0.25, 0.3) is 0 Å². The Bertz CT molecular complexity index is 339. The number of rotatable bonds is 12. The molecule has 126 valence electrons. The van der Waals surface area contributed by atoms with Crippen molar-refractivity contribution in [3.05, 3.63) is 0 Å². The van der Waals surface area contributed by atoms with E-state index in [1.165, 1.54) is 0 Å². The van der Waals surface area contributed by atoms with Crippen molar-refractivity contribution in [2.24, 2.45) is 0 Å². The SMILES string of the molecule is CCCCCCC(=O)C(=O)OOC(=O)C(=O)CCCCCC. The van der Waals surface area contributed by atoms with Crippen LogP contribution in [0.1, 0.15) is 78.1 Å². The minimum atomic E-state index is -1.23. The molecule has 0 aromatic carbocycles. The molecule has 0 N–H and O–H groups in total. The smallest absolute Gasteiger partial charge is 0.287 e. The molecule has 0 unspecified atom stereocenters. The normalized spacial score (nSPS) is 10.1. The molecule has 0 amide bonds. The Morgan fingerprint density at radius 2 is 0.955 bits per heavy atom. The van der Waals surface area contributed by atoms with E-state index in [4.69, 9.17) is 0 Å². The lowest BCUT2D eigenvalue weighted by molar-refractivity contribution is -0.254. The lowest BCUT2D eigenvalue weighted by Gasteiger charge is -2.02. The summed E-state index contributed by atoms with van der Waals surface area (Å²) in [6.07, 6.45) is 7.03. The van der Waals surface area contributed by atoms with Crippen LogP contribution in [-0.2, 0) is 29.0 Å². The van der Waals surface area contributed by atoms with E-state index in [1.807, 2.05) is 13.8 Å². The van der Waals surface area contributed by atoms with Crippen molar-refractivity contribution in [3.8, 4) is 0 Å². The largest absolute Gasteiger partial charge is 0.421 e. The molecule has 0 saturated heterocycles. The molecule has 0 radical (unpaired) electrons. The molecule has 0 spiro atoms. The molecule has 0 saturated carbocycles. The summed E-state index contributed by atoms with van der Waals surface area (Å²) in [5.41, 5.74) is 0. The van der Waals surface area contributed by atoms with Crippen LogP contribution in [0.4, 0.5) is 0 Å². The van der Waals surface area contributed by atoms with Crippen LogP contribution in [-0.4, -0.2) is 23.5 Å². The van der Waals surface area contributed by atoms with Crippen molar-refractivity contribution in [3.63, 3.8) is 0 Å². The van der Waals surface area contributed by atoms with Crippen LogP contribution in [0.15, 0.2) is 0 Å². The van der Waals surface area contributed by atoms with Crippen molar-refractivity contribution in [1.82, 2.24) is 0 Å². The van der Waals surface area contributed by atoms with E-state index in [2.05, 4.69) is 9.78 Å². The highest BCUT2D eigenvalue weighted by molar-refractivity contribution is 6.35. The number of carbonyl (C=O) groups excluding carboxylic acids is 4. The average molecular weight is 314 g/mol. The first-order chi connectivity index (χ1) is 10.5. The molecule has 0 heterocycles. The zero-order chi connectivity index (χ0) is 16.8. The number of carbonyl (C=O) groups is 4. The van der Waals surface area contributed by atoms with Gasteiger partial charge in [0.05, 0.1) is 0 Å². The van der Waals surface area contributed by atoms with Gasteiger partial charge in [-0.3, -0.25) is 9.59 Å². The highest BCUT2D eigenvalue weighted by Crippen LogP contribution is 2.05. The van der Waals surface area contributed by atoms with E-state index in [9.17, 15) is 19.2 Å². The summed E-state index contributed by atoms with van der Waals surface area (Å²) in [6.45, 7) is 4.07. The van der Waals surface area contributed by atoms with Gasteiger partial charge in [0.2, 0.25) is 11.6 Å². The standard InChI is InChI=1S/C16H26O6/c1-3-5-7-9-11-13(17)15(19)21-22-16(20)14(18)12-10-8-6-4-2/h3-12H2,1-2H3. The quantitative estimate of drug-likeness (QED) is 0.238. The minimum absolute atomic E-state index is 0.0569. The summed E-state index contributed by atoms with van der Waals surface area (Å²) in [5, 5.41) is 0. The molecular weight excluding hydrogens is 288 g/mol. The number of hydrogen-bond donors (Lipinski definition) is 0. The monoisotopic (exact) mass is 314 g/mol. The predicted molar refractivity (Wildman–Crippen MR) is 79.7 cm³/mol. The van der Waals surface area contributed by atoms with Crippen LogP contribution in [0.2, 0.25) is 0 Å². The van der Waals surface area contributed by atoms with Crippen molar-refractivity contribution in [1.29, 1.82) is 0 Å². The van der Waals surface area contributed by atoms with E-state index in [-0.39, 0.29) is 12.8 Å². The highest BCUT2D eigenvalue weighted by atomic mass is 17.2. The van der Waals surface area contributed by atoms with Gasteiger partial charge in [0.1, 0.15) is 0 Å². The molecule has 6 heteroatoms. The van der Waals surface area contributed by atoms with Gasteiger partial charge in [0, 0.05) is 12.8 Å². The second-order valence-electron chi connectivity index (χ2n) is 5.21. The van der Waals surface area contributed by atoms with Crippen molar-refractivity contribution >= 4 is 23.5 Å². The van der Waals surface area contributed by atoms with E-state index >= 15 is 0 Å². The number of ketones is 2. The van der Waals surface area contributed by atoms with Gasteiger partial charge in [-0.05, 0) is 12.8 Å². The topological polar surface area (TPSA) is 86.7 Å². The molecule has 0 bridgehead atoms. The number of unbranched alkanes of at least 4 members (excludes halogenated alkanes) is 6. The summed E-state index contributed by atoms with van der Waals surface area (Å²) in [4.78, 5) is 53.5. The first-order valence-corrected chi connectivity index (χ1v) is 8.01. The number of Topliss-reactive ketones (excluding diaryl/α,β-unsaturated/α-hetero) is 2. The summed E-state index contributed by atoms with van der Waals surface area (Å²) >= 11 is 0. The Labute approximate surface area is 131 Å². The van der Waals surface area contributed by atoms with Gasteiger partial charge in [-0.1, -0.05) is 52.4 Å². The van der Waals surface area contributed by atoms with E-state index in [0.29, 0.717) is 12.8 Å². The molecule has 0 aromatic rings. The Morgan fingerprint density at radius 3 is 1.27 bits per heavy atom. The fourth-order valence-corrected chi connectivity index (χ4v) is 1.80. The van der Waals surface area contributed by atoms with Crippen LogP contribution >= 0.6 is 0 Å². The second kappa shape index (κ2) is 13.0. The minimum Gasteiger partial charge on any atom is -0.287 e. The van der Waals surface area contributed by atoms with Gasteiger partial charge < -0.3 is 0 Å². The van der Waals surface area contributed by atoms with Crippen molar-refractivity contribution < 1.29 is 29.0 Å². The third kappa shape index (κ3) is 10.1. The van der Waals surface area contributed by atoms with Gasteiger partial charge >= 0.3 is 11.9 Å². The van der Waals surface area contributed by atoms with Crippen LogP contribution in [0.3, 0.4) is 0 Å². The molecule has 0 aliphatic carbocycles. The zero-order valence-corrected chi connectivity index (χ0v) is 13.5. The Hall–Kier alpha value is -1.72. The molecule has 0 fully saturated rings. The summed E-state index contributed by atoms with van der Waals surface area (Å²) < 4.78 is 0. The first kappa shape index (κ1) is 20.3. The molecule has 0 aliphatic rings. The molecule has 6 nitrogen and oxygen atoms in total. The van der Waals surface area contributed by atoms with E-state index < -0.39 is 23.5 Å². The molecular formula is C16H26O6. The Kier molecular flexibility index (Phi) is 12.0. The molecule has 0 aliphatic heterocycles. The number of hydrogen-bond acceptors (Lipinski definition) is 6. The lowest BCUT2D eigenvalue weighted by Crippen LogP contribution is -2.23. The van der Waals surface area contributed by atoms with E-state index in [1.54, 1.807) is 0 Å². The summed E-state index contributed by atoms with van der Waals surface area (Å²) in [7, 11) is 0. The van der Waals surface area contributed by atoms with Crippen LogP contribution in [0, 0.1) is 0 Å². The fraction of sp³-hybridized carbons (Fsp3) is 0.750. The van der Waals surface area contributed by atoms with Gasteiger partial charge in [0.15, 0.2) is 0 Å². The maximum atomic E-state index is 11.4. The molecule has 0 rings (SSSR count). The second-order valence-corrected chi connectivity index (χ2v) is 5.21. The third-order valence-corrected chi connectivity index (χ3v) is 3.16. The van der Waals surface area contributed by atoms with Crippen molar-refractivity contribution in [2.75, 3.05) is 0 Å². The van der Waals surface area contributed by atoms with Crippen LogP contribution in [0.5, 0.6) is 0 Å². The highest BCUT2D eigenvalue weighted by Gasteiger charge is 2.22.